The number of nitrogens with two attached hydrogens (primary N) is 1. The number of benzene rings is 1. The lowest BCUT2D eigenvalue weighted by Gasteiger charge is -2.33. The Morgan fingerprint density at radius 3 is 2.57 bits per heavy atom. The molecular formula is C17H23ClN2O. The van der Waals surface area contributed by atoms with Crippen molar-refractivity contribution in [3.8, 4) is 0 Å². The van der Waals surface area contributed by atoms with Crippen LogP contribution in [0, 0.1) is 6.92 Å². The molecule has 2 unspecified atom stereocenters. The molecule has 0 saturated carbocycles. The van der Waals surface area contributed by atoms with Gasteiger partial charge in [-0.25, -0.2) is 0 Å². The Morgan fingerprint density at radius 1 is 1.29 bits per heavy atom. The van der Waals surface area contributed by atoms with E-state index in [-0.39, 0.29) is 12.1 Å². The van der Waals surface area contributed by atoms with Crippen molar-refractivity contribution in [3.63, 3.8) is 0 Å². The fourth-order valence-corrected chi connectivity index (χ4v) is 2.92. The minimum Gasteiger partial charge on any atom is -0.469 e. The summed E-state index contributed by atoms with van der Waals surface area (Å²) in [5.41, 5.74) is 8.62. The third kappa shape index (κ3) is 3.67. The van der Waals surface area contributed by atoms with Crippen LogP contribution in [0.1, 0.15) is 36.3 Å². The van der Waals surface area contributed by atoms with E-state index in [0.717, 1.165) is 29.3 Å². The van der Waals surface area contributed by atoms with Gasteiger partial charge in [0.15, 0.2) is 0 Å². The molecule has 4 heteroatoms. The van der Waals surface area contributed by atoms with Gasteiger partial charge < -0.3 is 10.2 Å². The van der Waals surface area contributed by atoms with Gasteiger partial charge in [-0.05, 0) is 38.1 Å². The topological polar surface area (TPSA) is 42.4 Å². The second-order valence-corrected chi connectivity index (χ2v) is 5.86. The first kappa shape index (κ1) is 16.1. The van der Waals surface area contributed by atoms with Gasteiger partial charge in [0.2, 0.25) is 0 Å². The Kier molecular flexibility index (Phi) is 5.45. The summed E-state index contributed by atoms with van der Waals surface area (Å²) in [6, 6.07) is 10.0. The van der Waals surface area contributed by atoms with Crippen molar-refractivity contribution in [1.29, 1.82) is 0 Å². The number of halogens is 1. The van der Waals surface area contributed by atoms with Crippen LogP contribution in [-0.2, 0) is 6.54 Å². The number of hydrogen-bond acceptors (Lipinski definition) is 3. The zero-order chi connectivity index (χ0) is 15.4. The second kappa shape index (κ2) is 7.12. The molecule has 0 radical (unpaired) electrons. The molecule has 2 N–H and O–H groups in total. The SMILES string of the molecule is CCC(N)C(c1ccccc1Cl)N(C)Cc1ccoc1C. The maximum Gasteiger partial charge on any atom is 0.105 e. The zero-order valence-corrected chi connectivity index (χ0v) is 13.6. The van der Waals surface area contributed by atoms with E-state index in [1.807, 2.05) is 31.2 Å². The summed E-state index contributed by atoms with van der Waals surface area (Å²) >= 11 is 6.38. The van der Waals surface area contributed by atoms with Crippen molar-refractivity contribution in [2.45, 2.75) is 38.9 Å². The summed E-state index contributed by atoms with van der Waals surface area (Å²) < 4.78 is 5.38. The third-order valence-corrected chi connectivity index (χ3v) is 4.31. The minimum atomic E-state index is 0.0297. The van der Waals surface area contributed by atoms with Gasteiger partial charge in [0.1, 0.15) is 5.76 Å². The average molecular weight is 307 g/mol. The predicted octanol–water partition coefficient (Wildman–Crippen LogP) is 4.15. The first-order chi connectivity index (χ1) is 10.0. The van der Waals surface area contributed by atoms with Gasteiger partial charge in [-0.3, -0.25) is 4.90 Å². The number of likely N-dealkylation sites (N-methyl/N-ethyl adjacent to an activating group) is 1. The molecule has 2 rings (SSSR count). The molecule has 2 atom stereocenters. The van der Waals surface area contributed by atoms with Crippen LogP contribution in [-0.4, -0.2) is 18.0 Å². The highest BCUT2D eigenvalue weighted by atomic mass is 35.5. The molecule has 1 aromatic carbocycles. The lowest BCUT2D eigenvalue weighted by Crippen LogP contribution is -2.38. The summed E-state index contributed by atoms with van der Waals surface area (Å²) in [6.07, 6.45) is 2.62. The molecule has 0 aliphatic heterocycles. The average Bonchev–Trinajstić information content (AvgIpc) is 2.86. The zero-order valence-electron chi connectivity index (χ0n) is 12.8. The molecule has 2 aromatic rings. The quantitative estimate of drug-likeness (QED) is 0.871. The molecule has 0 amide bonds. The molecule has 1 heterocycles. The summed E-state index contributed by atoms with van der Waals surface area (Å²) in [6.45, 7) is 4.87. The smallest absolute Gasteiger partial charge is 0.105 e. The van der Waals surface area contributed by atoms with Crippen molar-refractivity contribution in [2.75, 3.05) is 7.05 Å². The van der Waals surface area contributed by atoms with Crippen LogP contribution in [0.25, 0.3) is 0 Å². The van der Waals surface area contributed by atoms with E-state index in [2.05, 4.69) is 24.9 Å². The van der Waals surface area contributed by atoms with Crippen LogP contribution < -0.4 is 5.73 Å². The van der Waals surface area contributed by atoms with Crippen LogP contribution in [0.15, 0.2) is 41.0 Å². The fourth-order valence-electron chi connectivity index (χ4n) is 2.68. The predicted molar refractivity (Wildman–Crippen MR) is 87.4 cm³/mol. The summed E-state index contributed by atoms with van der Waals surface area (Å²) in [5, 5.41) is 0.766. The largest absolute Gasteiger partial charge is 0.469 e. The highest BCUT2D eigenvalue weighted by Crippen LogP contribution is 2.31. The van der Waals surface area contributed by atoms with Crippen LogP contribution in [0.4, 0.5) is 0 Å². The van der Waals surface area contributed by atoms with Crippen molar-refractivity contribution < 1.29 is 4.42 Å². The molecule has 0 saturated heterocycles. The minimum absolute atomic E-state index is 0.0297. The molecule has 0 spiro atoms. The number of furan rings is 1. The number of rotatable bonds is 6. The molecular weight excluding hydrogens is 284 g/mol. The van der Waals surface area contributed by atoms with Crippen molar-refractivity contribution in [3.05, 3.63) is 58.5 Å². The summed E-state index contributed by atoms with van der Waals surface area (Å²) in [4.78, 5) is 2.24. The van der Waals surface area contributed by atoms with Crippen LogP contribution in [0.2, 0.25) is 5.02 Å². The van der Waals surface area contributed by atoms with Gasteiger partial charge in [0.05, 0.1) is 12.3 Å². The van der Waals surface area contributed by atoms with E-state index in [1.54, 1.807) is 6.26 Å². The maximum atomic E-state index is 6.38. The standard InChI is InChI=1S/C17H23ClN2O/c1-4-16(19)17(14-7-5-6-8-15(14)18)20(3)11-13-9-10-21-12(13)2/h5-10,16-17H,4,11,19H2,1-3H3. The summed E-state index contributed by atoms with van der Waals surface area (Å²) in [7, 11) is 2.08. The van der Waals surface area contributed by atoms with Gasteiger partial charge in [0, 0.05) is 23.2 Å². The van der Waals surface area contributed by atoms with Crippen molar-refractivity contribution in [1.82, 2.24) is 4.90 Å². The molecule has 0 aliphatic carbocycles. The maximum absolute atomic E-state index is 6.38. The Balaban J connectivity index is 2.28. The van der Waals surface area contributed by atoms with Crippen LogP contribution >= 0.6 is 11.6 Å². The van der Waals surface area contributed by atoms with Crippen LogP contribution in [0.3, 0.4) is 0 Å². The Labute approximate surface area is 131 Å². The molecule has 3 nitrogen and oxygen atoms in total. The van der Waals surface area contributed by atoms with Gasteiger partial charge in [0.25, 0.3) is 0 Å². The molecule has 0 bridgehead atoms. The van der Waals surface area contributed by atoms with E-state index >= 15 is 0 Å². The summed E-state index contributed by atoms with van der Waals surface area (Å²) in [5.74, 6) is 0.949. The molecule has 1 aromatic heterocycles. The molecule has 0 aliphatic rings. The van der Waals surface area contributed by atoms with E-state index in [0.29, 0.717) is 0 Å². The molecule has 0 fully saturated rings. The normalized spacial score (nSPS) is 14.4. The van der Waals surface area contributed by atoms with Gasteiger partial charge in [-0.15, -0.1) is 0 Å². The van der Waals surface area contributed by atoms with E-state index in [1.165, 1.54) is 5.56 Å². The first-order valence-electron chi connectivity index (χ1n) is 7.27. The van der Waals surface area contributed by atoms with E-state index < -0.39 is 0 Å². The van der Waals surface area contributed by atoms with Crippen molar-refractivity contribution in [2.24, 2.45) is 5.73 Å². The Morgan fingerprint density at radius 2 is 2.00 bits per heavy atom. The monoisotopic (exact) mass is 306 g/mol. The van der Waals surface area contributed by atoms with Crippen LogP contribution in [0.5, 0.6) is 0 Å². The lowest BCUT2D eigenvalue weighted by atomic mass is 9.96. The van der Waals surface area contributed by atoms with Gasteiger partial charge in [-0.2, -0.15) is 0 Å². The highest BCUT2D eigenvalue weighted by Gasteiger charge is 2.25. The lowest BCUT2D eigenvalue weighted by molar-refractivity contribution is 0.201. The molecule has 114 valence electrons. The third-order valence-electron chi connectivity index (χ3n) is 3.96. The van der Waals surface area contributed by atoms with Gasteiger partial charge in [-0.1, -0.05) is 36.7 Å². The van der Waals surface area contributed by atoms with E-state index in [4.69, 9.17) is 21.8 Å². The Bertz CT molecular complexity index is 582. The highest BCUT2D eigenvalue weighted by molar-refractivity contribution is 6.31. The second-order valence-electron chi connectivity index (χ2n) is 5.46. The first-order valence-corrected chi connectivity index (χ1v) is 7.65. The van der Waals surface area contributed by atoms with Gasteiger partial charge >= 0.3 is 0 Å². The fraction of sp³-hybridized carbons (Fsp3) is 0.412. The number of aryl methyl sites for hydroxylation is 1. The number of nitrogens with zero attached hydrogens (tertiary/aromatic N) is 1. The van der Waals surface area contributed by atoms with Crippen molar-refractivity contribution >= 4 is 11.6 Å². The van der Waals surface area contributed by atoms with E-state index in [9.17, 15) is 0 Å². The Hall–Kier alpha value is -1.29. The molecule has 21 heavy (non-hydrogen) atoms. The number of hydrogen-bond donors (Lipinski definition) is 1.